The molecule has 0 fully saturated rings. The van der Waals surface area contributed by atoms with Gasteiger partial charge in [0, 0.05) is 78.2 Å². The fourth-order valence-corrected chi connectivity index (χ4v) is 14.8. The molecule has 472 valence electrons. The number of aromatic nitrogens is 4. The van der Waals surface area contributed by atoms with Gasteiger partial charge in [0.2, 0.25) is 0 Å². The Morgan fingerprint density at radius 3 is 1.16 bits per heavy atom. The van der Waals surface area contributed by atoms with Crippen molar-refractivity contribution in [2.75, 3.05) is 13.2 Å². The van der Waals surface area contributed by atoms with Gasteiger partial charge in [-0.2, -0.15) is 0 Å². The molecule has 0 radical (unpaired) electrons. The fourth-order valence-electron chi connectivity index (χ4n) is 12.7. The first kappa shape index (κ1) is 66.0. The van der Waals surface area contributed by atoms with Crippen LogP contribution in [0.3, 0.4) is 0 Å². The molecule has 0 bridgehead atoms. The van der Waals surface area contributed by atoms with Crippen LogP contribution in [0.25, 0.3) is 44.3 Å². The van der Waals surface area contributed by atoms with Crippen LogP contribution >= 0.6 is 78.3 Å². The second-order valence-electron chi connectivity index (χ2n) is 23.9. The number of alkyl carbamates (subject to hydrolysis) is 2. The molecule has 0 saturated carbocycles. The van der Waals surface area contributed by atoms with E-state index in [4.69, 9.17) is 55.9 Å². The largest absolute Gasteiger partial charge is 0.449 e. The van der Waals surface area contributed by atoms with E-state index >= 15 is 0 Å². The van der Waals surface area contributed by atoms with Crippen LogP contribution in [0.4, 0.5) is 18.4 Å². The summed E-state index contributed by atoms with van der Waals surface area (Å²) in [5.74, 6) is -2.96. The quantitative estimate of drug-likeness (QED) is 0.0909. The monoisotopic (exact) mass is 1440 g/mol. The number of hydrogen-bond donors (Lipinski definition) is 2. The highest BCUT2D eigenvalue weighted by Gasteiger charge is 2.35. The summed E-state index contributed by atoms with van der Waals surface area (Å²) in [4.78, 5) is 64.0. The highest BCUT2D eigenvalue weighted by Crippen LogP contribution is 2.47. The first-order valence-corrected chi connectivity index (χ1v) is 33.1. The average Bonchev–Trinajstić information content (AvgIpc) is 1.63. The Bertz CT molecular complexity index is 4150. The Labute approximate surface area is 568 Å². The van der Waals surface area contributed by atoms with E-state index in [0.717, 1.165) is 44.5 Å². The van der Waals surface area contributed by atoms with E-state index in [2.05, 4.69) is 101 Å². The van der Waals surface area contributed by atoms with Crippen LogP contribution in [0.1, 0.15) is 132 Å². The second-order valence-corrected chi connectivity index (χ2v) is 27.3. The molecule has 4 heterocycles. The standard InChI is InChI=1S/2C36H31BrCl2FN3O3/c2*1-19(2)14-31(42-36(45)46-18-28-24-10-6-4-8-22(24)23-9-5-7-11-25(23)28)35(44)43-17-27(26-15-21(37)16-41-34(26)43)20(3)32-29(38)12-13-30(40)33(32)39/h2*4-13,15-17,19-20,28,31H,14,18H2,1-3H3,(H,42,45)/t20-,31+;20-,31-/m10/s1. The molecule has 12 nitrogen and oxygen atoms in total. The SMILES string of the molecule is CC(C)C[C@H](NC(=O)OCC1c2ccccc2-c2ccccc21)C(=O)n1cc([C@@H](C)c2c(Cl)ccc(F)c2Cl)c2cc(Br)cnc21.CC(C)C[C@H](NC(=O)OCC1c2ccccc2-c2ccccc21)C(=O)n1cc([C@H](C)c2c(Cl)ccc(F)c2Cl)c2cc(Br)cnc21. The third-order valence-electron chi connectivity index (χ3n) is 17.0. The lowest BCUT2D eigenvalue weighted by atomic mass is 9.93. The first-order chi connectivity index (χ1) is 44.1. The number of benzene rings is 6. The molecule has 20 heteroatoms. The van der Waals surface area contributed by atoms with Crippen LogP contribution in [0.15, 0.2) is 167 Å². The lowest BCUT2D eigenvalue weighted by Crippen LogP contribution is -2.44. The molecule has 2 aliphatic carbocycles. The number of rotatable bonds is 16. The zero-order valence-corrected chi connectivity index (χ0v) is 56.9. The van der Waals surface area contributed by atoms with Gasteiger partial charge in [0.15, 0.2) is 0 Å². The molecule has 4 atom stereocenters. The van der Waals surface area contributed by atoms with Gasteiger partial charge in [-0.1, -0.05) is 185 Å². The Morgan fingerprint density at radius 1 is 0.511 bits per heavy atom. The Balaban J connectivity index is 0.000000188. The van der Waals surface area contributed by atoms with Gasteiger partial charge in [-0.15, -0.1) is 0 Å². The molecule has 2 amide bonds. The van der Waals surface area contributed by atoms with Gasteiger partial charge in [0.25, 0.3) is 11.8 Å². The van der Waals surface area contributed by atoms with Crippen LogP contribution in [-0.2, 0) is 9.47 Å². The maximum absolute atomic E-state index is 14.5. The summed E-state index contributed by atoms with van der Waals surface area (Å²) in [6, 6.07) is 39.7. The highest BCUT2D eigenvalue weighted by molar-refractivity contribution is 9.10. The summed E-state index contributed by atoms with van der Waals surface area (Å²) in [5, 5.41) is 7.45. The number of fused-ring (bicyclic) bond motifs is 8. The minimum absolute atomic E-state index is 0.0788. The molecule has 0 saturated heterocycles. The van der Waals surface area contributed by atoms with E-state index in [9.17, 15) is 28.0 Å². The number of carbonyl (C=O) groups is 4. The number of amides is 2. The third kappa shape index (κ3) is 13.4. The predicted molar refractivity (Wildman–Crippen MR) is 367 cm³/mol. The van der Waals surface area contributed by atoms with Crippen LogP contribution in [0.2, 0.25) is 20.1 Å². The molecular weight excluding hydrogens is 1380 g/mol. The summed E-state index contributed by atoms with van der Waals surface area (Å²) in [7, 11) is 0. The number of halogens is 8. The van der Waals surface area contributed by atoms with E-state index in [1.54, 1.807) is 24.8 Å². The molecule has 0 aliphatic heterocycles. The summed E-state index contributed by atoms with van der Waals surface area (Å²) < 4.78 is 44.8. The zero-order valence-electron chi connectivity index (χ0n) is 50.7. The fraction of sp³-hybridized carbons (Fsp3) is 0.250. The van der Waals surface area contributed by atoms with Crippen molar-refractivity contribution in [3.8, 4) is 22.3 Å². The number of ether oxygens (including phenoxy) is 2. The van der Waals surface area contributed by atoms with Crippen molar-refractivity contribution >= 4 is 124 Å². The normalized spacial score (nSPS) is 13.8. The molecule has 0 unspecified atom stereocenters. The van der Waals surface area contributed by atoms with Gasteiger partial charge < -0.3 is 20.1 Å². The maximum atomic E-state index is 14.5. The number of hydrogen-bond acceptors (Lipinski definition) is 8. The second kappa shape index (κ2) is 28.0. The van der Waals surface area contributed by atoms with Gasteiger partial charge in [-0.3, -0.25) is 18.7 Å². The molecule has 4 aromatic heterocycles. The summed E-state index contributed by atoms with van der Waals surface area (Å²) in [6.45, 7) is 11.8. The molecule has 10 aromatic rings. The van der Waals surface area contributed by atoms with Crippen LogP contribution < -0.4 is 10.6 Å². The van der Waals surface area contributed by atoms with Crippen molar-refractivity contribution in [2.45, 2.75) is 90.1 Å². The van der Waals surface area contributed by atoms with E-state index in [1.807, 2.05) is 102 Å². The van der Waals surface area contributed by atoms with Crippen molar-refractivity contribution in [1.82, 2.24) is 29.7 Å². The number of nitrogens with one attached hydrogen (secondary N) is 2. The number of nitrogens with zero attached hydrogens (tertiary/aromatic N) is 4. The molecule has 2 aliphatic rings. The van der Waals surface area contributed by atoms with Gasteiger partial charge in [0.05, 0.1) is 10.0 Å². The highest BCUT2D eigenvalue weighted by atomic mass is 79.9. The Morgan fingerprint density at radius 2 is 0.837 bits per heavy atom. The van der Waals surface area contributed by atoms with Crippen molar-refractivity contribution in [3.05, 3.63) is 243 Å². The van der Waals surface area contributed by atoms with Gasteiger partial charge in [0.1, 0.15) is 48.2 Å². The van der Waals surface area contributed by atoms with Crippen molar-refractivity contribution < 1.29 is 37.4 Å². The molecule has 2 N–H and O–H groups in total. The average molecular weight is 1450 g/mol. The van der Waals surface area contributed by atoms with Gasteiger partial charge in [-0.25, -0.2) is 28.3 Å². The van der Waals surface area contributed by atoms with Crippen LogP contribution in [0.5, 0.6) is 0 Å². The lowest BCUT2D eigenvalue weighted by molar-refractivity contribution is 0.0825. The minimum Gasteiger partial charge on any atom is -0.449 e. The zero-order chi connectivity index (χ0) is 65.4. The minimum atomic E-state index is -0.902. The summed E-state index contributed by atoms with van der Waals surface area (Å²) in [5.41, 5.74) is 11.9. The van der Waals surface area contributed by atoms with Crippen LogP contribution in [-0.4, -0.2) is 68.4 Å². The number of pyridine rings is 2. The summed E-state index contributed by atoms with van der Waals surface area (Å²) in [6.07, 6.45) is 5.90. The Hall–Kier alpha value is -7.44. The van der Waals surface area contributed by atoms with E-state index in [1.165, 1.54) is 33.4 Å². The van der Waals surface area contributed by atoms with Gasteiger partial charge in [-0.05, 0) is 160 Å². The smallest absolute Gasteiger partial charge is 0.407 e. The predicted octanol–water partition coefficient (Wildman–Crippen LogP) is 20.0. The van der Waals surface area contributed by atoms with Crippen molar-refractivity contribution in [2.24, 2.45) is 11.8 Å². The van der Waals surface area contributed by atoms with E-state index in [0.29, 0.717) is 76.2 Å². The molecule has 12 rings (SSSR count). The lowest BCUT2D eigenvalue weighted by Gasteiger charge is -2.21. The first-order valence-electron chi connectivity index (χ1n) is 30.0. The van der Waals surface area contributed by atoms with Crippen LogP contribution in [0, 0.1) is 23.5 Å². The van der Waals surface area contributed by atoms with E-state index in [-0.39, 0.29) is 58.7 Å². The molecular formula is C72H62Br2Cl4F2N6O6. The van der Waals surface area contributed by atoms with Crippen molar-refractivity contribution in [3.63, 3.8) is 0 Å². The summed E-state index contributed by atoms with van der Waals surface area (Å²) >= 11 is 32.7. The number of carbonyl (C=O) groups excluding carboxylic acids is 4. The molecule has 6 aromatic carbocycles. The van der Waals surface area contributed by atoms with Crippen molar-refractivity contribution in [1.29, 1.82) is 0 Å². The maximum Gasteiger partial charge on any atom is 0.407 e. The van der Waals surface area contributed by atoms with Gasteiger partial charge >= 0.3 is 12.2 Å². The molecule has 92 heavy (non-hydrogen) atoms. The van der Waals surface area contributed by atoms with E-state index < -0.39 is 47.7 Å². The molecule has 0 spiro atoms. The topological polar surface area (TPSA) is 146 Å². The third-order valence-corrected chi connectivity index (χ3v) is 19.3. The Kier molecular flexibility index (Phi) is 20.1.